The van der Waals surface area contributed by atoms with Gasteiger partial charge in [0.15, 0.2) is 0 Å². The molecular weight excluding hydrogens is 636 g/mol. The van der Waals surface area contributed by atoms with Crippen LogP contribution in [0.4, 0.5) is 0 Å². The number of rotatable bonds is 41. The van der Waals surface area contributed by atoms with E-state index in [1.165, 1.54) is 7.11 Å². The van der Waals surface area contributed by atoms with E-state index in [2.05, 4.69) is 4.74 Å². The number of carbonyl (C=O) groups is 1. The molecule has 0 spiro atoms. The fourth-order valence-corrected chi connectivity index (χ4v) is 3.16. The highest BCUT2D eigenvalue weighted by Crippen LogP contribution is 1.89. The van der Waals surface area contributed by atoms with Gasteiger partial charge in [-0.1, -0.05) is 0 Å². The molecule has 0 aliphatic heterocycles. The SMILES string of the molecule is COC(=O)CCOCCOCCOCCOCCOCCOCCOCCOCCOCCOCCOCCOCCOCCCl. The number of halogens is 1. The second-order valence-electron chi connectivity index (χ2n) is 8.98. The van der Waals surface area contributed by atoms with Crippen LogP contribution in [0.25, 0.3) is 0 Å². The highest BCUT2D eigenvalue weighted by Gasteiger charge is 2.00. The average molecular weight is 695 g/mol. The highest BCUT2D eigenvalue weighted by atomic mass is 35.5. The summed E-state index contributed by atoms with van der Waals surface area (Å²) in [5.74, 6) is 0.207. The van der Waals surface area contributed by atoms with Gasteiger partial charge in [-0.3, -0.25) is 4.79 Å². The van der Waals surface area contributed by atoms with Crippen molar-refractivity contribution in [2.75, 3.05) is 185 Å². The van der Waals surface area contributed by atoms with Gasteiger partial charge in [0.05, 0.1) is 185 Å². The molecule has 0 heterocycles. The van der Waals surface area contributed by atoms with Gasteiger partial charge in [0.1, 0.15) is 0 Å². The molecule has 0 rings (SSSR count). The van der Waals surface area contributed by atoms with E-state index in [1.807, 2.05) is 0 Å². The fraction of sp³-hybridized carbons (Fsp3) is 0.967. The third-order valence-electron chi connectivity index (χ3n) is 5.36. The molecule has 0 aromatic carbocycles. The molecule has 0 aliphatic rings. The molecule has 16 heteroatoms. The molecule has 0 radical (unpaired) electrons. The van der Waals surface area contributed by atoms with Gasteiger partial charge in [0, 0.05) is 5.88 Å². The van der Waals surface area contributed by atoms with Crippen molar-refractivity contribution in [1.82, 2.24) is 0 Å². The molecular formula is C30H59ClO15. The number of hydrogen-bond donors (Lipinski definition) is 0. The van der Waals surface area contributed by atoms with Crippen LogP contribution in [0, 0.1) is 0 Å². The Hall–Kier alpha value is -0.760. The second kappa shape index (κ2) is 42.3. The van der Waals surface area contributed by atoms with E-state index in [4.69, 9.17) is 73.2 Å². The smallest absolute Gasteiger partial charge is 0.307 e. The Labute approximate surface area is 279 Å². The van der Waals surface area contributed by atoms with Crippen LogP contribution >= 0.6 is 11.6 Å². The van der Waals surface area contributed by atoms with Crippen molar-refractivity contribution < 1.29 is 71.1 Å². The first-order chi connectivity index (χ1) is 22.8. The first kappa shape index (κ1) is 45.2. The Balaban J connectivity index is 3.05. The highest BCUT2D eigenvalue weighted by molar-refractivity contribution is 6.17. The zero-order chi connectivity index (χ0) is 33.3. The zero-order valence-electron chi connectivity index (χ0n) is 27.8. The summed E-state index contributed by atoms with van der Waals surface area (Å²) in [6, 6.07) is 0. The van der Waals surface area contributed by atoms with Gasteiger partial charge < -0.3 is 66.3 Å². The lowest BCUT2D eigenvalue weighted by atomic mass is 10.5. The van der Waals surface area contributed by atoms with E-state index < -0.39 is 0 Å². The standard InChI is InChI=1S/C30H59ClO15/c1-33-30(32)2-4-34-6-8-36-10-12-38-14-16-40-18-20-42-22-24-44-26-28-46-29-27-45-25-23-43-21-19-41-17-15-39-13-11-37-9-7-35-5-3-31/h2-29H2,1H3. The lowest BCUT2D eigenvalue weighted by Crippen LogP contribution is -2.15. The van der Waals surface area contributed by atoms with Crippen molar-refractivity contribution in [1.29, 1.82) is 0 Å². The summed E-state index contributed by atoms with van der Waals surface area (Å²) in [6.45, 7) is 12.8. The minimum Gasteiger partial charge on any atom is -0.469 e. The average Bonchev–Trinajstić information content (AvgIpc) is 3.07. The summed E-state index contributed by atoms with van der Waals surface area (Å²) >= 11 is 5.51. The molecule has 0 aromatic rings. The fourth-order valence-electron chi connectivity index (χ4n) is 3.05. The molecule has 0 aliphatic carbocycles. The molecule has 0 bridgehead atoms. The maximum Gasteiger partial charge on any atom is 0.307 e. The number of esters is 1. The minimum absolute atomic E-state index is 0.243. The molecule has 0 fully saturated rings. The van der Waals surface area contributed by atoms with E-state index in [0.717, 1.165) is 0 Å². The Kier molecular flexibility index (Phi) is 41.6. The quantitative estimate of drug-likeness (QED) is 0.0509. The van der Waals surface area contributed by atoms with Crippen molar-refractivity contribution in [2.45, 2.75) is 6.42 Å². The van der Waals surface area contributed by atoms with E-state index in [1.54, 1.807) is 0 Å². The van der Waals surface area contributed by atoms with Crippen LogP contribution < -0.4 is 0 Å². The third kappa shape index (κ3) is 41.3. The molecule has 15 nitrogen and oxygen atoms in total. The third-order valence-corrected chi connectivity index (χ3v) is 5.52. The van der Waals surface area contributed by atoms with Gasteiger partial charge in [0.25, 0.3) is 0 Å². The molecule has 0 aromatic heterocycles. The monoisotopic (exact) mass is 694 g/mol. The minimum atomic E-state index is -0.287. The predicted molar refractivity (Wildman–Crippen MR) is 168 cm³/mol. The molecule has 0 amide bonds. The van der Waals surface area contributed by atoms with Gasteiger partial charge >= 0.3 is 5.97 Å². The second-order valence-corrected chi connectivity index (χ2v) is 9.35. The van der Waals surface area contributed by atoms with Crippen LogP contribution in [-0.4, -0.2) is 191 Å². The van der Waals surface area contributed by atoms with E-state index in [-0.39, 0.29) is 12.4 Å². The lowest BCUT2D eigenvalue weighted by Gasteiger charge is -2.09. The lowest BCUT2D eigenvalue weighted by molar-refractivity contribution is -0.141. The molecule has 0 N–H and O–H groups in total. The van der Waals surface area contributed by atoms with Gasteiger partial charge in [-0.15, -0.1) is 11.6 Å². The largest absolute Gasteiger partial charge is 0.469 e. The van der Waals surface area contributed by atoms with Gasteiger partial charge in [0.2, 0.25) is 0 Å². The molecule has 0 saturated heterocycles. The number of hydrogen-bond acceptors (Lipinski definition) is 15. The first-order valence-electron chi connectivity index (χ1n) is 15.9. The van der Waals surface area contributed by atoms with E-state index >= 15 is 0 Å². The summed E-state index contributed by atoms with van der Waals surface area (Å²) in [5.41, 5.74) is 0. The zero-order valence-corrected chi connectivity index (χ0v) is 28.6. The summed E-state index contributed by atoms with van der Waals surface area (Å²) in [5, 5.41) is 0. The maximum atomic E-state index is 10.9. The van der Waals surface area contributed by atoms with Crippen LogP contribution in [0.5, 0.6) is 0 Å². The predicted octanol–water partition coefficient (Wildman–Crippen LogP) is 1.00. The molecule has 0 unspecified atom stereocenters. The van der Waals surface area contributed by atoms with Crippen molar-refractivity contribution in [3.63, 3.8) is 0 Å². The number of alkyl halides is 1. The van der Waals surface area contributed by atoms with Crippen LogP contribution in [-0.2, 0) is 71.1 Å². The van der Waals surface area contributed by atoms with E-state index in [0.29, 0.717) is 178 Å². The topological polar surface area (TPSA) is 146 Å². The van der Waals surface area contributed by atoms with E-state index in [9.17, 15) is 4.79 Å². The van der Waals surface area contributed by atoms with Crippen LogP contribution in [0.2, 0.25) is 0 Å². The number of methoxy groups -OCH3 is 1. The summed E-state index contributed by atoms with van der Waals surface area (Å²) in [4.78, 5) is 10.9. The summed E-state index contributed by atoms with van der Waals surface area (Å²) in [7, 11) is 1.35. The Morgan fingerprint density at radius 2 is 0.500 bits per heavy atom. The van der Waals surface area contributed by atoms with Crippen LogP contribution in [0.3, 0.4) is 0 Å². The normalized spacial score (nSPS) is 11.4. The van der Waals surface area contributed by atoms with Gasteiger partial charge in [-0.2, -0.15) is 0 Å². The summed E-state index contributed by atoms with van der Waals surface area (Å²) < 4.78 is 74.7. The van der Waals surface area contributed by atoms with Crippen molar-refractivity contribution >= 4 is 17.6 Å². The number of carbonyl (C=O) groups excluding carboxylic acids is 1. The van der Waals surface area contributed by atoms with Gasteiger partial charge in [-0.25, -0.2) is 0 Å². The van der Waals surface area contributed by atoms with Crippen molar-refractivity contribution in [3.8, 4) is 0 Å². The maximum absolute atomic E-state index is 10.9. The number of ether oxygens (including phenoxy) is 14. The molecule has 276 valence electrons. The van der Waals surface area contributed by atoms with Crippen LogP contribution in [0.15, 0.2) is 0 Å². The Bertz CT molecular complexity index is 580. The Morgan fingerprint density at radius 1 is 0.326 bits per heavy atom. The first-order valence-corrected chi connectivity index (χ1v) is 16.5. The Morgan fingerprint density at radius 3 is 0.674 bits per heavy atom. The molecule has 0 saturated carbocycles. The molecule has 46 heavy (non-hydrogen) atoms. The van der Waals surface area contributed by atoms with Gasteiger partial charge in [-0.05, 0) is 0 Å². The summed E-state index contributed by atoms with van der Waals surface area (Å²) in [6.07, 6.45) is 0.243. The van der Waals surface area contributed by atoms with Crippen LogP contribution in [0.1, 0.15) is 6.42 Å². The molecule has 0 atom stereocenters. The van der Waals surface area contributed by atoms with Crippen molar-refractivity contribution in [2.24, 2.45) is 0 Å². The van der Waals surface area contributed by atoms with Crippen molar-refractivity contribution in [3.05, 3.63) is 0 Å².